The van der Waals surface area contributed by atoms with E-state index in [9.17, 15) is 28.2 Å². The molecule has 0 spiro atoms. The Bertz CT molecular complexity index is 824. The number of nitrogens with one attached hydrogen (secondary N) is 2. The van der Waals surface area contributed by atoms with Crippen LogP contribution in [0.5, 0.6) is 5.75 Å². The number of aromatic hydroxyl groups is 1. The first-order valence-corrected chi connectivity index (χ1v) is 8.66. The van der Waals surface area contributed by atoms with Crippen molar-refractivity contribution in [1.82, 2.24) is 10.6 Å². The third kappa shape index (κ3) is 3.15. The van der Waals surface area contributed by atoms with Crippen LogP contribution in [0.2, 0.25) is 0 Å². The number of alkyl halides is 3. The number of benzene rings is 1. The Labute approximate surface area is 155 Å². The van der Waals surface area contributed by atoms with Crippen LogP contribution in [0.15, 0.2) is 41.8 Å². The minimum Gasteiger partial charge on any atom is -0.508 e. The molecule has 4 N–H and O–H groups in total. The summed E-state index contributed by atoms with van der Waals surface area (Å²) in [4.78, 5) is 12.9. The largest absolute Gasteiger partial charge is 0.508 e. The number of ketones is 1. The zero-order valence-corrected chi connectivity index (χ0v) is 14.6. The van der Waals surface area contributed by atoms with E-state index in [1.54, 1.807) is 5.38 Å². The summed E-state index contributed by atoms with van der Waals surface area (Å²) in [5.74, 6) is -2.89. The molecule has 5 nitrogen and oxygen atoms in total. The average molecular weight is 402 g/mol. The van der Waals surface area contributed by atoms with E-state index in [1.807, 2.05) is 5.32 Å². The molecule has 1 aromatic carbocycles. The van der Waals surface area contributed by atoms with Gasteiger partial charge in [0.1, 0.15) is 11.7 Å². The van der Waals surface area contributed by atoms with Gasteiger partial charge in [-0.2, -0.15) is 13.2 Å². The van der Waals surface area contributed by atoms with Gasteiger partial charge in [-0.3, -0.25) is 4.79 Å². The molecular weight excluding hydrogens is 389 g/mol. The second-order valence-corrected chi connectivity index (χ2v) is 7.11. The number of rotatable bonds is 3. The fourth-order valence-corrected chi connectivity index (χ4v) is 3.86. The molecule has 3 atom stereocenters. The van der Waals surface area contributed by atoms with Crippen molar-refractivity contribution in [2.45, 2.75) is 17.9 Å². The smallest absolute Gasteiger partial charge is 0.437 e. The highest BCUT2D eigenvalue weighted by Crippen LogP contribution is 2.44. The molecule has 0 amide bonds. The molecule has 138 valence electrons. The molecule has 0 radical (unpaired) electrons. The molecule has 0 saturated carbocycles. The average Bonchev–Trinajstić information content (AvgIpc) is 3.08. The third-order valence-electron chi connectivity index (χ3n) is 4.10. The van der Waals surface area contributed by atoms with Crippen LogP contribution in [0.25, 0.3) is 0 Å². The van der Waals surface area contributed by atoms with Gasteiger partial charge in [0.15, 0.2) is 10.9 Å². The van der Waals surface area contributed by atoms with Gasteiger partial charge in [-0.15, -0.1) is 11.3 Å². The fourth-order valence-electron chi connectivity index (χ4n) is 2.87. The van der Waals surface area contributed by atoms with E-state index >= 15 is 0 Å². The van der Waals surface area contributed by atoms with Crippen LogP contribution in [0.3, 0.4) is 0 Å². The number of halogens is 3. The molecule has 0 unspecified atom stereocenters. The lowest BCUT2D eigenvalue weighted by Crippen LogP contribution is -2.72. The molecule has 0 bridgehead atoms. The number of hydrogen-bond donors (Lipinski definition) is 4. The van der Waals surface area contributed by atoms with Crippen LogP contribution in [0.1, 0.15) is 21.3 Å². The number of phenolic OH excluding ortho intramolecular Hbond substituents is 1. The predicted molar refractivity (Wildman–Crippen MR) is 92.9 cm³/mol. The van der Waals surface area contributed by atoms with Crippen molar-refractivity contribution in [3.8, 4) is 5.75 Å². The molecule has 10 heteroatoms. The van der Waals surface area contributed by atoms with Gasteiger partial charge in [0.25, 0.3) is 0 Å². The zero-order chi connectivity index (χ0) is 19.1. The molecule has 1 aliphatic rings. The molecule has 3 rings (SSSR count). The Hall–Kier alpha value is -2.17. The normalized spacial score (nSPS) is 26.1. The Morgan fingerprint density at radius 2 is 1.88 bits per heavy atom. The van der Waals surface area contributed by atoms with E-state index in [0.717, 1.165) is 11.3 Å². The van der Waals surface area contributed by atoms with Crippen LogP contribution >= 0.6 is 23.6 Å². The summed E-state index contributed by atoms with van der Waals surface area (Å²) < 4.78 is 41.1. The highest BCUT2D eigenvalue weighted by molar-refractivity contribution is 7.80. The molecule has 26 heavy (non-hydrogen) atoms. The first kappa shape index (κ1) is 18.6. The maximum absolute atomic E-state index is 13.7. The minimum absolute atomic E-state index is 0.0814. The van der Waals surface area contributed by atoms with Crippen molar-refractivity contribution >= 4 is 34.5 Å². The summed E-state index contributed by atoms with van der Waals surface area (Å²) in [5, 5.41) is 25.5. The molecule has 2 aromatic rings. The number of phenols is 1. The van der Waals surface area contributed by atoms with Gasteiger partial charge >= 0.3 is 6.18 Å². The van der Waals surface area contributed by atoms with Crippen LogP contribution in [0.4, 0.5) is 13.2 Å². The van der Waals surface area contributed by atoms with Gasteiger partial charge in [-0.05, 0) is 41.4 Å². The molecule has 1 aliphatic heterocycles. The third-order valence-corrected chi connectivity index (χ3v) is 5.21. The SMILES string of the molecule is O=C(c1cccs1)[C@H]1[C@H](c2ccc(O)cc2)NC(=S)N[C@]1(O)C(F)(F)F. The molecule has 2 heterocycles. The first-order valence-electron chi connectivity index (χ1n) is 7.38. The lowest BCUT2D eigenvalue weighted by atomic mass is 9.79. The second kappa shape index (κ2) is 6.53. The zero-order valence-electron chi connectivity index (χ0n) is 12.9. The number of carbonyl (C=O) groups excluding carboxylic acids is 1. The summed E-state index contributed by atoms with van der Waals surface area (Å²) in [6, 6.07) is 6.98. The van der Waals surface area contributed by atoms with Crippen molar-refractivity contribution in [3.05, 3.63) is 52.2 Å². The van der Waals surface area contributed by atoms with Crippen molar-refractivity contribution in [2.24, 2.45) is 5.92 Å². The standard InChI is InChI=1S/C16H13F3N2O3S2/c17-16(18,19)15(24)11(13(23)10-2-1-7-26-10)12(20-14(25)21-15)8-3-5-9(22)6-4-8/h1-7,11-12,22,24H,(H2,20,21,25)/t11-,12+,15-/m1/s1. The predicted octanol–water partition coefficient (Wildman–Crippen LogP) is 2.72. The summed E-state index contributed by atoms with van der Waals surface area (Å²) in [7, 11) is 0. The highest BCUT2D eigenvalue weighted by Gasteiger charge is 2.65. The Morgan fingerprint density at radius 1 is 1.23 bits per heavy atom. The van der Waals surface area contributed by atoms with Crippen molar-refractivity contribution < 1.29 is 28.2 Å². The van der Waals surface area contributed by atoms with E-state index in [1.165, 1.54) is 36.4 Å². The maximum Gasteiger partial charge on any atom is 0.437 e. The number of aliphatic hydroxyl groups is 1. The van der Waals surface area contributed by atoms with E-state index in [-0.39, 0.29) is 16.2 Å². The number of Topliss-reactive ketones (excluding diaryl/α,β-unsaturated/α-hetero) is 1. The van der Waals surface area contributed by atoms with Gasteiger partial charge < -0.3 is 20.8 Å². The lowest BCUT2D eigenvalue weighted by Gasteiger charge is -2.46. The van der Waals surface area contributed by atoms with Crippen molar-refractivity contribution in [2.75, 3.05) is 0 Å². The van der Waals surface area contributed by atoms with Gasteiger partial charge in [0.2, 0.25) is 5.72 Å². The first-order chi connectivity index (χ1) is 12.1. The van der Waals surface area contributed by atoms with E-state index < -0.39 is 34.8 Å². The van der Waals surface area contributed by atoms with E-state index in [2.05, 4.69) is 5.32 Å². The number of carbonyl (C=O) groups is 1. The number of thiocarbonyl (C=S) groups is 1. The summed E-state index contributed by atoms with van der Waals surface area (Å²) in [6.45, 7) is 0. The Kier molecular flexibility index (Phi) is 4.67. The fraction of sp³-hybridized carbons (Fsp3) is 0.250. The van der Waals surface area contributed by atoms with Gasteiger partial charge in [0.05, 0.1) is 10.9 Å². The minimum atomic E-state index is -5.16. The quantitative estimate of drug-likeness (QED) is 0.467. The summed E-state index contributed by atoms with van der Waals surface area (Å²) in [6.07, 6.45) is -5.16. The van der Waals surface area contributed by atoms with E-state index in [0.29, 0.717) is 0 Å². The monoisotopic (exact) mass is 402 g/mol. The molecule has 1 saturated heterocycles. The van der Waals surface area contributed by atoms with Crippen molar-refractivity contribution in [3.63, 3.8) is 0 Å². The topological polar surface area (TPSA) is 81.6 Å². The highest BCUT2D eigenvalue weighted by atomic mass is 32.1. The lowest BCUT2D eigenvalue weighted by molar-refractivity contribution is -0.285. The van der Waals surface area contributed by atoms with Gasteiger partial charge in [-0.1, -0.05) is 18.2 Å². The van der Waals surface area contributed by atoms with Gasteiger partial charge in [0, 0.05) is 0 Å². The van der Waals surface area contributed by atoms with Crippen LogP contribution in [-0.4, -0.2) is 33.0 Å². The number of thiophene rings is 1. The summed E-state index contributed by atoms with van der Waals surface area (Å²) in [5.41, 5.74) is -3.27. The molecule has 0 aliphatic carbocycles. The van der Waals surface area contributed by atoms with Crippen molar-refractivity contribution in [1.29, 1.82) is 0 Å². The van der Waals surface area contributed by atoms with Crippen LogP contribution in [0, 0.1) is 5.92 Å². The Balaban J connectivity index is 2.14. The maximum atomic E-state index is 13.7. The molecule has 1 fully saturated rings. The van der Waals surface area contributed by atoms with Gasteiger partial charge in [-0.25, -0.2) is 0 Å². The second-order valence-electron chi connectivity index (χ2n) is 5.75. The molecule has 1 aromatic heterocycles. The summed E-state index contributed by atoms with van der Waals surface area (Å²) >= 11 is 5.81. The number of hydrogen-bond acceptors (Lipinski definition) is 5. The van der Waals surface area contributed by atoms with Crippen LogP contribution < -0.4 is 10.6 Å². The Morgan fingerprint density at radius 3 is 2.42 bits per heavy atom. The van der Waals surface area contributed by atoms with Crippen LogP contribution in [-0.2, 0) is 0 Å². The van der Waals surface area contributed by atoms with E-state index in [4.69, 9.17) is 12.2 Å². The molecular formula is C16H13F3N2O3S2.